The number of amides is 1. The van der Waals surface area contributed by atoms with Gasteiger partial charge in [0.25, 0.3) is 5.91 Å². The zero-order valence-electron chi connectivity index (χ0n) is 11.1. The van der Waals surface area contributed by atoms with Gasteiger partial charge in [-0.15, -0.1) is 0 Å². The first kappa shape index (κ1) is 13.1. The number of carbonyl (C=O) groups excluding carboxylic acids is 1. The second-order valence-electron chi connectivity index (χ2n) is 4.42. The normalized spacial score (nSPS) is 10.0. The Labute approximate surface area is 113 Å². The Morgan fingerprint density at radius 3 is 2.58 bits per heavy atom. The fourth-order valence-corrected chi connectivity index (χ4v) is 1.82. The lowest BCUT2D eigenvalue weighted by atomic mass is 10.1. The molecule has 0 radical (unpaired) electrons. The third kappa shape index (κ3) is 3.31. The van der Waals surface area contributed by atoms with Gasteiger partial charge in [0, 0.05) is 26.0 Å². The number of rotatable bonds is 4. The predicted molar refractivity (Wildman–Crippen MR) is 76.2 cm³/mol. The summed E-state index contributed by atoms with van der Waals surface area (Å²) >= 11 is 0. The minimum Gasteiger partial charge on any atom is -0.377 e. The van der Waals surface area contributed by atoms with Crippen molar-refractivity contribution in [2.75, 3.05) is 19.0 Å². The third-order valence-corrected chi connectivity index (χ3v) is 2.79. The van der Waals surface area contributed by atoms with Crippen LogP contribution in [0.25, 0.3) is 0 Å². The number of para-hydroxylation sites is 1. The highest BCUT2D eigenvalue weighted by Crippen LogP contribution is 2.17. The summed E-state index contributed by atoms with van der Waals surface area (Å²) in [6, 6.07) is 13.2. The van der Waals surface area contributed by atoms with Crippen LogP contribution in [0.4, 0.5) is 5.69 Å². The molecule has 4 heteroatoms. The molecule has 1 amide bonds. The van der Waals surface area contributed by atoms with Crippen molar-refractivity contribution in [2.24, 2.45) is 0 Å². The van der Waals surface area contributed by atoms with E-state index < -0.39 is 0 Å². The van der Waals surface area contributed by atoms with Gasteiger partial charge in [-0.2, -0.15) is 0 Å². The van der Waals surface area contributed by atoms with Gasteiger partial charge in [-0.05, 0) is 24.3 Å². The predicted octanol–water partition coefficient (Wildman–Crippen LogP) is 2.08. The Kier molecular flexibility index (Phi) is 4.13. The summed E-state index contributed by atoms with van der Waals surface area (Å²) in [5, 5.41) is 2.88. The SMILES string of the molecule is CN(C)c1ccccc1C(=O)NCc1ccccn1. The number of nitrogens with one attached hydrogen (secondary N) is 1. The number of nitrogens with zero attached hydrogens (tertiary/aromatic N) is 2. The molecule has 0 bridgehead atoms. The van der Waals surface area contributed by atoms with Crippen LogP contribution in [-0.2, 0) is 6.54 Å². The van der Waals surface area contributed by atoms with Gasteiger partial charge in [-0.3, -0.25) is 9.78 Å². The van der Waals surface area contributed by atoms with Gasteiger partial charge in [0.1, 0.15) is 0 Å². The standard InChI is InChI=1S/C15H17N3O/c1-18(2)14-9-4-3-8-13(14)15(19)17-11-12-7-5-6-10-16-12/h3-10H,11H2,1-2H3,(H,17,19). The summed E-state index contributed by atoms with van der Waals surface area (Å²) < 4.78 is 0. The molecule has 2 aromatic rings. The van der Waals surface area contributed by atoms with E-state index in [1.54, 1.807) is 6.20 Å². The molecule has 1 aromatic carbocycles. The summed E-state index contributed by atoms with van der Waals surface area (Å²) in [7, 11) is 3.84. The first-order valence-corrected chi connectivity index (χ1v) is 6.13. The molecule has 0 fully saturated rings. The summed E-state index contributed by atoms with van der Waals surface area (Å²) in [6.07, 6.45) is 1.72. The van der Waals surface area contributed by atoms with E-state index in [4.69, 9.17) is 0 Å². The molecule has 0 aliphatic carbocycles. The molecule has 0 atom stereocenters. The van der Waals surface area contributed by atoms with Crippen LogP contribution in [0.15, 0.2) is 48.7 Å². The van der Waals surface area contributed by atoms with Crippen molar-refractivity contribution in [1.29, 1.82) is 0 Å². The summed E-state index contributed by atoms with van der Waals surface area (Å²) in [5.41, 5.74) is 2.42. The lowest BCUT2D eigenvalue weighted by molar-refractivity contribution is 0.0951. The van der Waals surface area contributed by atoms with Gasteiger partial charge in [-0.1, -0.05) is 18.2 Å². The fraction of sp³-hybridized carbons (Fsp3) is 0.200. The largest absolute Gasteiger partial charge is 0.377 e. The van der Waals surface area contributed by atoms with Crippen molar-refractivity contribution in [1.82, 2.24) is 10.3 Å². The number of pyridine rings is 1. The lowest BCUT2D eigenvalue weighted by Crippen LogP contribution is -2.25. The van der Waals surface area contributed by atoms with Crippen molar-refractivity contribution < 1.29 is 4.79 Å². The smallest absolute Gasteiger partial charge is 0.253 e. The number of hydrogen-bond acceptors (Lipinski definition) is 3. The van der Waals surface area contributed by atoms with E-state index in [-0.39, 0.29) is 5.91 Å². The first-order valence-electron chi connectivity index (χ1n) is 6.13. The average Bonchev–Trinajstić information content (AvgIpc) is 2.46. The fourth-order valence-electron chi connectivity index (χ4n) is 1.82. The molecule has 0 saturated carbocycles. The number of carbonyl (C=O) groups is 1. The molecule has 0 spiro atoms. The maximum Gasteiger partial charge on any atom is 0.253 e. The summed E-state index contributed by atoms with van der Waals surface area (Å²) in [6.45, 7) is 0.432. The van der Waals surface area contributed by atoms with Crippen molar-refractivity contribution >= 4 is 11.6 Å². The van der Waals surface area contributed by atoms with E-state index >= 15 is 0 Å². The van der Waals surface area contributed by atoms with Gasteiger partial charge >= 0.3 is 0 Å². The highest BCUT2D eigenvalue weighted by Gasteiger charge is 2.11. The number of anilines is 1. The van der Waals surface area contributed by atoms with E-state index in [1.165, 1.54) is 0 Å². The van der Waals surface area contributed by atoms with E-state index in [1.807, 2.05) is 61.5 Å². The van der Waals surface area contributed by atoms with E-state index in [0.29, 0.717) is 12.1 Å². The molecular formula is C15H17N3O. The van der Waals surface area contributed by atoms with Crippen LogP contribution < -0.4 is 10.2 Å². The van der Waals surface area contributed by atoms with Crippen LogP contribution in [0.1, 0.15) is 16.1 Å². The second-order valence-corrected chi connectivity index (χ2v) is 4.42. The molecule has 1 N–H and O–H groups in total. The zero-order chi connectivity index (χ0) is 13.7. The second kappa shape index (κ2) is 6.00. The molecule has 98 valence electrons. The van der Waals surface area contributed by atoms with Crippen LogP contribution >= 0.6 is 0 Å². The summed E-state index contributed by atoms with van der Waals surface area (Å²) in [5.74, 6) is -0.0880. The number of hydrogen-bond donors (Lipinski definition) is 1. The monoisotopic (exact) mass is 255 g/mol. The van der Waals surface area contributed by atoms with Crippen LogP contribution in [-0.4, -0.2) is 25.0 Å². The number of benzene rings is 1. The third-order valence-electron chi connectivity index (χ3n) is 2.79. The first-order chi connectivity index (χ1) is 9.18. The van der Waals surface area contributed by atoms with Crippen LogP contribution in [0.3, 0.4) is 0 Å². The van der Waals surface area contributed by atoms with Crippen LogP contribution in [0, 0.1) is 0 Å². The highest BCUT2D eigenvalue weighted by molar-refractivity contribution is 5.99. The van der Waals surface area contributed by atoms with Crippen molar-refractivity contribution in [2.45, 2.75) is 6.54 Å². The molecule has 4 nitrogen and oxygen atoms in total. The Hall–Kier alpha value is -2.36. The van der Waals surface area contributed by atoms with Gasteiger partial charge < -0.3 is 10.2 Å². The molecule has 1 heterocycles. The molecule has 1 aromatic heterocycles. The molecule has 0 saturated heterocycles. The summed E-state index contributed by atoms with van der Waals surface area (Å²) in [4.78, 5) is 18.3. The van der Waals surface area contributed by atoms with E-state index in [0.717, 1.165) is 11.4 Å². The molecule has 0 unspecified atom stereocenters. The van der Waals surface area contributed by atoms with Crippen molar-refractivity contribution in [3.8, 4) is 0 Å². The van der Waals surface area contributed by atoms with Gasteiger partial charge in [0.05, 0.1) is 17.8 Å². The van der Waals surface area contributed by atoms with Crippen molar-refractivity contribution in [3.05, 3.63) is 59.9 Å². The van der Waals surface area contributed by atoms with Gasteiger partial charge in [0.2, 0.25) is 0 Å². The Balaban J connectivity index is 2.08. The molecular weight excluding hydrogens is 238 g/mol. The number of aromatic nitrogens is 1. The van der Waals surface area contributed by atoms with Crippen LogP contribution in [0.2, 0.25) is 0 Å². The minimum absolute atomic E-state index is 0.0880. The van der Waals surface area contributed by atoms with Gasteiger partial charge in [-0.25, -0.2) is 0 Å². The maximum atomic E-state index is 12.2. The quantitative estimate of drug-likeness (QED) is 0.909. The maximum absolute atomic E-state index is 12.2. The molecule has 2 rings (SSSR count). The van der Waals surface area contributed by atoms with E-state index in [2.05, 4.69) is 10.3 Å². The average molecular weight is 255 g/mol. The lowest BCUT2D eigenvalue weighted by Gasteiger charge is -2.16. The Bertz CT molecular complexity index is 552. The van der Waals surface area contributed by atoms with Crippen LogP contribution in [0.5, 0.6) is 0 Å². The topological polar surface area (TPSA) is 45.2 Å². The van der Waals surface area contributed by atoms with Gasteiger partial charge in [0.15, 0.2) is 0 Å². The minimum atomic E-state index is -0.0880. The molecule has 19 heavy (non-hydrogen) atoms. The Morgan fingerprint density at radius 2 is 1.89 bits per heavy atom. The Morgan fingerprint density at radius 1 is 1.16 bits per heavy atom. The zero-order valence-corrected chi connectivity index (χ0v) is 11.1. The molecule has 0 aliphatic heterocycles. The van der Waals surface area contributed by atoms with Crippen molar-refractivity contribution in [3.63, 3.8) is 0 Å². The van der Waals surface area contributed by atoms with E-state index in [9.17, 15) is 4.79 Å². The molecule has 0 aliphatic rings. The highest BCUT2D eigenvalue weighted by atomic mass is 16.1.